The van der Waals surface area contributed by atoms with Gasteiger partial charge in [0, 0.05) is 6.04 Å². The lowest BCUT2D eigenvalue weighted by Gasteiger charge is -2.08. The molecule has 3 amide bonds. The van der Waals surface area contributed by atoms with Crippen molar-refractivity contribution >= 4 is 28.7 Å². The molecule has 1 saturated carbocycles. The number of benzene rings is 2. The fourth-order valence-corrected chi connectivity index (χ4v) is 2.22. The number of fused-ring (bicyclic) bond motifs is 1. The summed E-state index contributed by atoms with van der Waals surface area (Å²) in [4.78, 5) is 35.1. The average Bonchev–Trinajstić information content (AvgIpc) is 3.35. The zero-order valence-corrected chi connectivity index (χ0v) is 12.4. The summed E-state index contributed by atoms with van der Waals surface area (Å²) in [5, 5.41) is 6.41. The molecule has 2 aromatic rings. The van der Waals surface area contributed by atoms with Crippen molar-refractivity contribution in [3.05, 3.63) is 48.0 Å². The van der Waals surface area contributed by atoms with Crippen molar-refractivity contribution in [1.82, 2.24) is 10.6 Å². The highest BCUT2D eigenvalue weighted by Gasteiger charge is 2.24. The van der Waals surface area contributed by atoms with Gasteiger partial charge in [0.15, 0.2) is 6.61 Å². The number of amides is 3. The summed E-state index contributed by atoms with van der Waals surface area (Å²) in [7, 11) is 0. The van der Waals surface area contributed by atoms with Crippen LogP contribution in [0, 0.1) is 0 Å². The lowest BCUT2D eigenvalue weighted by atomic mass is 10.1. The number of hydrogen-bond acceptors (Lipinski definition) is 4. The van der Waals surface area contributed by atoms with Crippen LogP contribution in [0.5, 0.6) is 0 Å². The first-order chi connectivity index (χ1) is 11.1. The molecule has 1 aliphatic carbocycles. The van der Waals surface area contributed by atoms with E-state index in [9.17, 15) is 14.4 Å². The third-order valence-electron chi connectivity index (χ3n) is 3.51. The lowest BCUT2D eigenvalue weighted by molar-refractivity contribution is -0.123. The molecule has 0 spiro atoms. The van der Waals surface area contributed by atoms with E-state index in [-0.39, 0.29) is 6.04 Å². The number of urea groups is 1. The third kappa shape index (κ3) is 3.85. The van der Waals surface area contributed by atoms with Gasteiger partial charge in [0.2, 0.25) is 0 Å². The number of esters is 1. The summed E-state index contributed by atoms with van der Waals surface area (Å²) >= 11 is 0. The molecule has 0 aromatic heterocycles. The molecule has 0 bridgehead atoms. The second-order valence-electron chi connectivity index (χ2n) is 5.40. The summed E-state index contributed by atoms with van der Waals surface area (Å²) in [5.74, 6) is -1.25. The number of imide groups is 1. The Hall–Kier alpha value is -2.89. The minimum atomic E-state index is -0.656. The van der Waals surface area contributed by atoms with Crippen LogP contribution in [0.3, 0.4) is 0 Å². The van der Waals surface area contributed by atoms with Gasteiger partial charge in [-0.15, -0.1) is 0 Å². The normalized spacial score (nSPS) is 13.4. The molecule has 1 aliphatic rings. The molecule has 0 heterocycles. The highest BCUT2D eigenvalue weighted by molar-refractivity contribution is 6.05. The standard InChI is InChI=1S/C17H16N2O4/c20-15(19-17(22)18-12-8-9-12)10-23-16(21)14-7-3-5-11-4-1-2-6-13(11)14/h1-7,12H,8-10H2,(H2,18,19,20,22). The number of hydrogen-bond donors (Lipinski definition) is 2. The van der Waals surface area contributed by atoms with Crippen molar-refractivity contribution < 1.29 is 19.1 Å². The first kappa shape index (κ1) is 15.0. The summed E-state index contributed by atoms with van der Waals surface area (Å²) in [6.45, 7) is -0.500. The Balaban J connectivity index is 1.57. The lowest BCUT2D eigenvalue weighted by Crippen LogP contribution is -2.42. The molecule has 0 unspecified atom stereocenters. The molecule has 0 aliphatic heterocycles. The number of nitrogens with one attached hydrogen (secondary N) is 2. The quantitative estimate of drug-likeness (QED) is 0.846. The SMILES string of the molecule is O=C(COC(=O)c1cccc2ccccc12)NC(=O)NC1CC1. The van der Waals surface area contributed by atoms with Gasteiger partial charge in [-0.1, -0.05) is 36.4 Å². The van der Waals surface area contributed by atoms with Crippen LogP contribution in [0.4, 0.5) is 4.79 Å². The van der Waals surface area contributed by atoms with Gasteiger partial charge < -0.3 is 10.1 Å². The van der Waals surface area contributed by atoms with Crippen molar-refractivity contribution in [1.29, 1.82) is 0 Å². The van der Waals surface area contributed by atoms with Crippen molar-refractivity contribution in [3.8, 4) is 0 Å². The third-order valence-corrected chi connectivity index (χ3v) is 3.51. The molecular weight excluding hydrogens is 296 g/mol. The van der Waals surface area contributed by atoms with Crippen molar-refractivity contribution in [2.75, 3.05) is 6.61 Å². The van der Waals surface area contributed by atoms with E-state index in [1.54, 1.807) is 12.1 Å². The van der Waals surface area contributed by atoms with Crippen LogP contribution < -0.4 is 10.6 Å². The summed E-state index contributed by atoms with van der Waals surface area (Å²) in [6, 6.07) is 12.3. The van der Waals surface area contributed by atoms with Crippen molar-refractivity contribution in [2.24, 2.45) is 0 Å². The predicted octanol–water partition coefficient (Wildman–Crippen LogP) is 1.98. The van der Waals surface area contributed by atoms with E-state index < -0.39 is 24.5 Å². The van der Waals surface area contributed by atoms with Crippen LogP contribution in [0.15, 0.2) is 42.5 Å². The molecule has 23 heavy (non-hydrogen) atoms. The highest BCUT2D eigenvalue weighted by atomic mass is 16.5. The van der Waals surface area contributed by atoms with Crippen LogP contribution in [0.25, 0.3) is 10.8 Å². The fourth-order valence-electron chi connectivity index (χ4n) is 2.22. The van der Waals surface area contributed by atoms with E-state index in [1.807, 2.05) is 30.3 Å². The molecule has 0 radical (unpaired) electrons. The molecule has 6 nitrogen and oxygen atoms in total. The Morgan fingerprint density at radius 1 is 1.04 bits per heavy atom. The predicted molar refractivity (Wildman–Crippen MR) is 83.9 cm³/mol. The molecule has 0 atom stereocenters. The molecule has 0 saturated heterocycles. The Morgan fingerprint density at radius 3 is 2.57 bits per heavy atom. The Morgan fingerprint density at radius 2 is 1.78 bits per heavy atom. The van der Waals surface area contributed by atoms with E-state index in [1.165, 1.54) is 0 Å². The van der Waals surface area contributed by atoms with Gasteiger partial charge in [-0.2, -0.15) is 0 Å². The maximum atomic E-state index is 12.1. The number of carbonyl (C=O) groups excluding carboxylic acids is 3. The van der Waals surface area contributed by atoms with Gasteiger partial charge in [0.05, 0.1) is 5.56 Å². The van der Waals surface area contributed by atoms with Gasteiger partial charge in [0.1, 0.15) is 0 Å². The van der Waals surface area contributed by atoms with E-state index >= 15 is 0 Å². The Bertz CT molecular complexity index is 763. The highest BCUT2D eigenvalue weighted by Crippen LogP contribution is 2.19. The molecule has 6 heteroatoms. The molecule has 2 aromatic carbocycles. The minimum Gasteiger partial charge on any atom is -0.452 e. The van der Waals surface area contributed by atoms with Gasteiger partial charge in [-0.25, -0.2) is 9.59 Å². The van der Waals surface area contributed by atoms with E-state index in [0.29, 0.717) is 5.56 Å². The minimum absolute atomic E-state index is 0.154. The Kier molecular flexibility index (Phi) is 4.23. The van der Waals surface area contributed by atoms with E-state index in [4.69, 9.17) is 4.74 Å². The first-order valence-electron chi connectivity index (χ1n) is 7.39. The Labute approximate surface area is 132 Å². The van der Waals surface area contributed by atoms with E-state index in [0.717, 1.165) is 23.6 Å². The molecule has 118 valence electrons. The number of carbonyl (C=O) groups is 3. The summed E-state index contributed by atoms with van der Waals surface area (Å²) in [5.41, 5.74) is 0.387. The van der Waals surface area contributed by atoms with Crippen LogP contribution in [0.1, 0.15) is 23.2 Å². The number of rotatable bonds is 4. The van der Waals surface area contributed by atoms with Crippen molar-refractivity contribution in [2.45, 2.75) is 18.9 Å². The van der Waals surface area contributed by atoms with Crippen LogP contribution >= 0.6 is 0 Å². The van der Waals surface area contributed by atoms with Crippen molar-refractivity contribution in [3.63, 3.8) is 0 Å². The first-order valence-corrected chi connectivity index (χ1v) is 7.39. The fraction of sp³-hybridized carbons (Fsp3) is 0.235. The van der Waals surface area contributed by atoms with Gasteiger partial charge in [-0.3, -0.25) is 10.1 Å². The van der Waals surface area contributed by atoms with E-state index in [2.05, 4.69) is 10.6 Å². The maximum Gasteiger partial charge on any atom is 0.339 e. The molecule has 2 N–H and O–H groups in total. The number of ether oxygens (including phenoxy) is 1. The smallest absolute Gasteiger partial charge is 0.339 e. The largest absolute Gasteiger partial charge is 0.452 e. The maximum absolute atomic E-state index is 12.1. The monoisotopic (exact) mass is 312 g/mol. The molecular formula is C17H16N2O4. The zero-order chi connectivity index (χ0) is 16.2. The molecule has 3 rings (SSSR count). The molecule has 1 fully saturated rings. The topological polar surface area (TPSA) is 84.5 Å². The van der Waals surface area contributed by atoms with Crippen LogP contribution in [0.2, 0.25) is 0 Å². The zero-order valence-electron chi connectivity index (χ0n) is 12.4. The van der Waals surface area contributed by atoms with Gasteiger partial charge in [-0.05, 0) is 29.7 Å². The average molecular weight is 312 g/mol. The summed E-state index contributed by atoms with van der Waals surface area (Å²) in [6.07, 6.45) is 1.86. The second kappa shape index (κ2) is 6.48. The summed E-state index contributed by atoms with van der Waals surface area (Å²) < 4.78 is 4.99. The van der Waals surface area contributed by atoms with Crippen LogP contribution in [-0.2, 0) is 9.53 Å². The second-order valence-corrected chi connectivity index (χ2v) is 5.40. The van der Waals surface area contributed by atoms with Gasteiger partial charge >= 0.3 is 12.0 Å². The van der Waals surface area contributed by atoms with Crippen LogP contribution in [-0.4, -0.2) is 30.6 Å². The van der Waals surface area contributed by atoms with Gasteiger partial charge in [0.25, 0.3) is 5.91 Å².